The van der Waals surface area contributed by atoms with Crippen LogP contribution in [0.15, 0.2) is 33.6 Å². The second kappa shape index (κ2) is 5.96. The number of carbonyl (C=O) groups is 1. The molecule has 1 heterocycles. The second-order valence-electron chi connectivity index (χ2n) is 6.28. The third-order valence-corrected chi connectivity index (χ3v) is 6.19. The lowest BCUT2D eigenvalue weighted by Crippen LogP contribution is -2.47. The van der Waals surface area contributed by atoms with E-state index in [2.05, 4.69) is 9.71 Å². The first-order chi connectivity index (χ1) is 10.9. The van der Waals surface area contributed by atoms with Crippen LogP contribution in [0.3, 0.4) is 0 Å². The Balaban J connectivity index is 1.88. The van der Waals surface area contributed by atoms with Crippen LogP contribution in [0, 0.1) is 11.8 Å². The minimum absolute atomic E-state index is 0.0897. The molecule has 1 aromatic rings. The molecule has 1 unspecified atom stereocenters. The van der Waals surface area contributed by atoms with Gasteiger partial charge in [-0.05, 0) is 24.0 Å². The van der Waals surface area contributed by atoms with Gasteiger partial charge in [-0.15, -0.1) is 4.40 Å². The standard InChI is InChI=1S/C16H20N2O4S/c1-10(11-6-2-3-7-11)14(16(19)20)17-15-12-8-4-5-9-13(12)23(21,22)18-15/h4-5,8-11,14H,2-3,6-7H2,1H3,(H,17,18)(H,19,20)/t10?,14-/m0/s1. The lowest BCUT2D eigenvalue weighted by atomic mass is 9.86. The van der Waals surface area contributed by atoms with Crippen LogP contribution in [-0.2, 0) is 14.8 Å². The van der Waals surface area contributed by atoms with Gasteiger partial charge in [0.05, 0.1) is 0 Å². The van der Waals surface area contributed by atoms with Crippen molar-refractivity contribution in [2.45, 2.75) is 43.5 Å². The Morgan fingerprint density at radius 1 is 1.30 bits per heavy atom. The number of sulfonamides is 1. The number of nitrogens with one attached hydrogen (secondary N) is 1. The normalized spacial score (nSPS) is 22.2. The maximum Gasteiger partial charge on any atom is 0.326 e. The van der Waals surface area contributed by atoms with E-state index in [1.165, 1.54) is 6.07 Å². The Hall–Kier alpha value is -1.89. The van der Waals surface area contributed by atoms with Crippen molar-refractivity contribution in [3.63, 3.8) is 0 Å². The molecule has 1 aliphatic carbocycles. The topological polar surface area (TPSA) is 95.8 Å². The molecule has 2 N–H and O–H groups in total. The van der Waals surface area contributed by atoms with Crippen LogP contribution in [-0.4, -0.2) is 31.4 Å². The molecule has 7 heteroatoms. The molecule has 0 amide bonds. The summed E-state index contributed by atoms with van der Waals surface area (Å²) in [6, 6.07) is 5.62. The molecule has 1 saturated carbocycles. The second-order valence-corrected chi connectivity index (χ2v) is 7.85. The molecule has 0 saturated heterocycles. The van der Waals surface area contributed by atoms with E-state index < -0.39 is 22.0 Å². The number of amidine groups is 1. The third-order valence-electron chi connectivity index (χ3n) is 4.86. The summed E-state index contributed by atoms with van der Waals surface area (Å²) in [4.78, 5) is 11.8. The number of hydrogen-bond donors (Lipinski definition) is 2. The Kier molecular flexibility index (Phi) is 4.14. The van der Waals surface area contributed by atoms with Gasteiger partial charge in [0.15, 0.2) is 0 Å². The molecule has 3 rings (SSSR count). The highest BCUT2D eigenvalue weighted by Crippen LogP contribution is 2.33. The fourth-order valence-corrected chi connectivity index (χ4v) is 4.71. The van der Waals surface area contributed by atoms with Crippen LogP contribution in [0.1, 0.15) is 38.2 Å². The van der Waals surface area contributed by atoms with E-state index in [9.17, 15) is 18.3 Å². The van der Waals surface area contributed by atoms with Crippen LogP contribution in [0.5, 0.6) is 0 Å². The minimum atomic E-state index is -3.74. The van der Waals surface area contributed by atoms with Crippen molar-refractivity contribution in [3.05, 3.63) is 29.8 Å². The summed E-state index contributed by atoms with van der Waals surface area (Å²) in [6.07, 6.45) is 4.29. The van der Waals surface area contributed by atoms with Crippen LogP contribution >= 0.6 is 0 Å². The van der Waals surface area contributed by atoms with E-state index in [1.54, 1.807) is 18.2 Å². The maximum atomic E-state index is 12.1. The summed E-state index contributed by atoms with van der Waals surface area (Å²) in [5.41, 5.74) is 0.442. The van der Waals surface area contributed by atoms with Gasteiger partial charge >= 0.3 is 5.97 Å². The molecule has 23 heavy (non-hydrogen) atoms. The van der Waals surface area contributed by atoms with E-state index in [-0.39, 0.29) is 16.6 Å². The van der Waals surface area contributed by atoms with Crippen molar-refractivity contribution < 1.29 is 18.3 Å². The number of hydrogen-bond acceptors (Lipinski definition) is 4. The summed E-state index contributed by atoms with van der Waals surface area (Å²) in [6.45, 7) is 1.91. The Labute approximate surface area is 135 Å². The maximum absolute atomic E-state index is 12.1. The monoisotopic (exact) mass is 336 g/mol. The SMILES string of the molecule is CC(C1CCCC1)[C@H](NC1=NS(=O)(=O)c2ccccc21)C(=O)O. The van der Waals surface area contributed by atoms with Gasteiger partial charge < -0.3 is 10.4 Å². The van der Waals surface area contributed by atoms with E-state index in [1.807, 2.05) is 6.92 Å². The van der Waals surface area contributed by atoms with Gasteiger partial charge in [0, 0.05) is 5.56 Å². The van der Waals surface area contributed by atoms with E-state index in [4.69, 9.17) is 0 Å². The Bertz CT molecular complexity index is 751. The molecule has 0 radical (unpaired) electrons. The molecule has 0 spiro atoms. The summed E-state index contributed by atoms with van der Waals surface area (Å²) < 4.78 is 27.9. The van der Waals surface area contributed by atoms with Gasteiger partial charge in [-0.25, -0.2) is 4.79 Å². The summed E-state index contributed by atoms with van der Waals surface area (Å²) in [5.74, 6) is -0.586. The van der Waals surface area contributed by atoms with Crippen molar-refractivity contribution in [1.29, 1.82) is 0 Å². The predicted molar refractivity (Wildman–Crippen MR) is 85.8 cm³/mol. The first-order valence-electron chi connectivity index (χ1n) is 7.84. The summed E-state index contributed by atoms with van der Waals surface area (Å²) >= 11 is 0. The highest BCUT2D eigenvalue weighted by atomic mass is 32.2. The number of carboxylic acid groups (broad SMARTS) is 1. The van der Waals surface area contributed by atoms with Crippen LogP contribution < -0.4 is 5.32 Å². The summed E-state index contributed by atoms with van der Waals surface area (Å²) in [5, 5.41) is 12.5. The zero-order chi connectivity index (χ0) is 16.6. The van der Waals surface area contributed by atoms with Crippen LogP contribution in [0.25, 0.3) is 0 Å². The first-order valence-corrected chi connectivity index (χ1v) is 9.28. The van der Waals surface area contributed by atoms with Gasteiger partial charge in [-0.3, -0.25) is 0 Å². The number of nitrogens with zero attached hydrogens (tertiary/aromatic N) is 1. The molecule has 124 valence electrons. The highest BCUT2D eigenvalue weighted by molar-refractivity contribution is 7.90. The van der Waals surface area contributed by atoms with Crippen molar-refractivity contribution >= 4 is 21.8 Å². The van der Waals surface area contributed by atoms with Crippen molar-refractivity contribution in [3.8, 4) is 0 Å². The van der Waals surface area contributed by atoms with Gasteiger partial charge in [0.1, 0.15) is 16.8 Å². The Morgan fingerprint density at radius 3 is 2.61 bits per heavy atom. The van der Waals surface area contributed by atoms with E-state index in [0.717, 1.165) is 25.7 Å². The first kappa shape index (κ1) is 16.0. The van der Waals surface area contributed by atoms with Gasteiger partial charge in [0.25, 0.3) is 10.0 Å². The smallest absolute Gasteiger partial charge is 0.326 e. The quantitative estimate of drug-likeness (QED) is 0.877. The molecule has 0 aromatic heterocycles. The largest absolute Gasteiger partial charge is 0.480 e. The zero-order valence-corrected chi connectivity index (χ0v) is 13.7. The molecular weight excluding hydrogens is 316 g/mol. The number of carboxylic acids is 1. The molecule has 1 fully saturated rings. The summed E-state index contributed by atoms with van der Waals surface area (Å²) in [7, 11) is -3.74. The van der Waals surface area contributed by atoms with Crippen LogP contribution in [0.4, 0.5) is 0 Å². The molecular formula is C16H20N2O4S. The van der Waals surface area contributed by atoms with Gasteiger partial charge in [0.2, 0.25) is 0 Å². The van der Waals surface area contributed by atoms with Gasteiger partial charge in [-0.2, -0.15) is 8.42 Å². The molecule has 1 aliphatic heterocycles. The van der Waals surface area contributed by atoms with Crippen molar-refractivity contribution in [2.24, 2.45) is 16.2 Å². The van der Waals surface area contributed by atoms with E-state index >= 15 is 0 Å². The van der Waals surface area contributed by atoms with E-state index in [0.29, 0.717) is 11.5 Å². The Morgan fingerprint density at radius 2 is 1.96 bits per heavy atom. The molecule has 0 bridgehead atoms. The number of fused-ring (bicyclic) bond motifs is 1. The molecule has 6 nitrogen and oxygen atoms in total. The highest BCUT2D eigenvalue weighted by Gasteiger charge is 2.36. The molecule has 2 atom stereocenters. The lowest BCUT2D eigenvalue weighted by Gasteiger charge is -2.27. The fraction of sp³-hybridized carbons (Fsp3) is 0.500. The van der Waals surface area contributed by atoms with Crippen molar-refractivity contribution in [2.75, 3.05) is 0 Å². The van der Waals surface area contributed by atoms with Crippen LogP contribution in [0.2, 0.25) is 0 Å². The number of aliphatic carboxylic acids is 1. The predicted octanol–water partition coefficient (Wildman–Crippen LogP) is 2.00. The van der Waals surface area contributed by atoms with Gasteiger partial charge in [-0.1, -0.05) is 44.7 Å². The molecule has 1 aromatic carbocycles. The van der Waals surface area contributed by atoms with Crippen molar-refractivity contribution in [1.82, 2.24) is 5.32 Å². The number of rotatable bonds is 4. The molecule has 2 aliphatic rings. The minimum Gasteiger partial charge on any atom is -0.480 e. The number of benzene rings is 1. The fourth-order valence-electron chi connectivity index (χ4n) is 3.53. The zero-order valence-electron chi connectivity index (χ0n) is 12.9. The average Bonchev–Trinajstić information content (AvgIpc) is 3.12. The lowest BCUT2D eigenvalue weighted by molar-refractivity contribution is -0.140. The average molecular weight is 336 g/mol. The third kappa shape index (κ3) is 2.97.